The average molecular weight is 404 g/mol. The van der Waals surface area contributed by atoms with Gasteiger partial charge in [0.25, 0.3) is 5.91 Å². The second-order valence-corrected chi connectivity index (χ2v) is 8.32. The van der Waals surface area contributed by atoms with Crippen molar-refractivity contribution in [3.63, 3.8) is 0 Å². The summed E-state index contributed by atoms with van der Waals surface area (Å²) < 4.78 is 5.30. The molecule has 0 bridgehead atoms. The van der Waals surface area contributed by atoms with Crippen molar-refractivity contribution < 1.29 is 19.4 Å². The maximum atomic E-state index is 13.1. The summed E-state index contributed by atoms with van der Waals surface area (Å²) in [6.07, 6.45) is 1.66. The number of nitrogens with zero attached hydrogens (tertiary/aromatic N) is 3. The quantitative estimate of drug-likeness (QED) is 0.783. The summed E-state index contributed by atoms with van der Waals surface area (Å²) >= 11 is 0. The SMILES string of the molecule is COc1ccc(C(=O)N2CC[C@H](N3CCN(C)CC3)[C@H](CCC(=O)O)C2)cc1C. The fourth-order valence-corrected chi connectivity index (χ4v) is 4.63. The molecular weight excluding hydrogens is 370 g/mol. The Bertz CT molecular complexity index is 731. The molecule has 29 heavy (non-hydrogen) atoms. The van der Waals surface area contributed by atoms with Crippen LogP contribution in [0.1, 0.15) is 35.2 Å². The predicted octanol–water partition coefficient (Wildman–Crippen LogP) is 1.95. The molecule has 0 saturated carbocycles. The summed E-state index contributed by atoms with van der Waals surface area (Å²) in [5.41, 5.74) is 1.60. The van der Waals surface area contributed by atoms with Gasteiger partial charge in [0.15, 0.2) is 0 Å². The molecule has 0 spiro atoms. The fraction of sp³-hybridized carbons (Fsp3) is 0.636. The number of rotatable bonds is 6. The lowest BCUT2D eigenvalue weighted by atomic mass is 9.86. The monoisotopic (exact) mass is 403 g/mol. The molecule has 0 aliphatic carbocycles. The van der Waals surface area contributed by atoms with Crippen molar-refractivity contribution in [2.45, 2.75) is 32.2 Å². The van der Waals surface area contributed by atoms with Crippen LogP contribution >= 0.6 is 0 Å². The summed E-state index contributed by atoms with van der Waals surface area (Å²) in [4.78, 5) is 31.0. The number of carboxylic acid groups (broad SMARTS) is 1. The van der Waals surface area contributed by atoms with E-state index in [0.717, 1.165) is 43.9 Å². The number of likely N-dealkylation sites (N-methyl/N-ethyl adjacent to an activating group) is 1. The van der Waals surface area contributed by atoms with Crippen molar-refractivity contribution in [1.82, 2.24) is 14.7 Å². The highest BCUT2D eigenvalue weighted by Crippen LogP contribution is 2.29. The van der Waals surface area contributed by atoms with E-state index in [2.05, 4.69) is 16.8 Å². The first-order valence-electron chi connectivity index (χ1n) is 10.5. The van der Waals surface area contributed by atoms with Crippen LogP contribution in [0.25, 0.3) is 0 Å². The van der Waals surface area contributed by atoms with Crippen molar-refractivity contribution >= 4 is 11.9 Å². The third-order valence-electron chi connectivity index (χ3n) is 6.36. The molecule has 1 amide bonds. The van der Waals surface area contributed by atoms with Crippen LogP contribution < -0.4 is 4.74 Å². The molecule has 2 fully saturated rings. The molecule has 1 N–H and O–H groups in total. The summed E-state index contributed by atoms with van der Waals surface area (Å²) in [6, 6.07) is 5.87. The Balaban J connectivity index is 1.71. The molecule has 160 valence electrons. The van der Waals surface area contributed by atoms with E-state index >= 15 is 0 Å². The van der Waals surface area contributed by atoms with Gasteiger partial charge in [-0.2, -0.15) is 0 Å². The van der Waals surface area contributed by atoms with E-state index < -0.39 is 5.97 Å². The molecule has 1 aromatic rings. The summed E-state index contributed by atoms with van der Waals surface area (Å²) in [5.74, 6) is 0.213. The number of methoxy groups -OCH3 is 1. The third kappa shape index (κ3) is 5.28. The van der Waals surface area contributed by atoms with Gasteiger partial charge >= 0.3 is 5.97 Å². The number of hydrogen-bond acceptors (Lipinski definition) is 5. The minimum Gasteiger partial charge on any atom is -0.496 e. The Hall–Kier alpha value is -2.12. The van der Waals surface area contributed by atoms with Gasteiger partial charge in [-0.3, -0.25) is 14.5 Å². The van der Waals surface area contributed by atoms with E-state index in [4.69, 9.17) is 4.74 Å². The van der Waals surface area contributed by atoms with E-state index in [0.29, 0.717) is 31.1 Å². The number of benzene rings is 1. The molecule has 0 aromatic heterocycles. The fourth-order valence-electron chi connectivity index (χ4n) is 4.63. The maximum absolute atomic E-state index is 13.1. The van der Waals surface area contributed by atoms with Gasteiger partial charge < -0.3 is 19.6 Å². The molecular formula is C22H33N3O4. The molecule has 0 unspecified atom stereocenters. The lowest BCUT2D eigenvalue weighted by molar-refractivity contribution is -0.137. The van der Waals surface area contributed by atoms with Crippen LogP contribution in [0.5, 0.6) is 5.75 Å². The van der Waals surface area contributed by atoms with E-state index in [-0.39, 0.29) is 18.2 Å². The van der Waals surface area contributed by atoms with Crippen LogP contribution in [0.15, 0.2) is 18.2 Å². The Morgan fingerprint density at radius 2 is 1.90 bits per heavy atom. The highest BCUT2D eigenvalue weighted by molar-refractivity contribution is 5.94. The standard InChI is InChI=1S/C22H33N3O4/c1-16-14-17(4-6-20(16)29-3)22(28)25-9-8-19(18(15-25)5-7-21(26)27)24-12-10-23(2)11-13-24/h4,6,14,18-19H,5,7-13,15H2,1-3H3,(H,26,27)/t18-,19+/m1/s1. The van der Waals surface area contributed by atoms with Gasteiger partial charge in [0.1, 0.15) is 5.75 Å². The molecule has 7 nitrogen and oxygen atoms in total. The van der Waals surface area contributed by atoms with Gasteiger partial charge in [-0.25, -0.2) is 0 Å². The van der Waals surface area contributed by atoms with Crippen molar-refractivity contribution in [2.75, 3.05) is 53.4 Å². The zero-order valence-corrected chi connectivity index (χ0v) is 17.8. The number of ether oxygens (including phenoxy) is 1. The molecule has 2 atom stereocenters. The largest absolute Gasteiger partial charge is 0.496 e. The number of piperazine rings is 1. The molecule has 2 heterocycles. The lowest BCUT2D eigenvalue weighted by Gasteiger charge is -2.46. The number of aliphatic carboxylic acids is 1. The van der Waals surface area contributed by atoms with Gasteiger partial charge in [0.05, 0.1) is 7.11 Å². The minimum atomic E-state index is -0.767. The summed E-state index contributed by atoms with van der Waals surface area (Å²) in [7, 11) is 3.76. The van der Waals surface area contributed by atoms with E-state index in [1.165, 1.54) is 0 Å². The van der Waals surface area contributed by atoms with Gasteiger partial charge in [-0.05, 0) is 56.5 Å². The smallest absolute Gasteiger partial charge is 0.303 e. The van der Waals surface area contributed by atoms with Crippen LogP contribution in [0.3, 0.4) is 0 Å². The van der Waals surface area contributed by atoms with Crippen molar-refractivity contribution in [3.8, 4) is 5.75 Å². The Morgan fingerprint density at radius 1 is 1.17 bits per heavy atom. The highest BCUT2D eigenvalue weighted by atomic mass is 16.5. The van der Waals surface area contributed by atoms with E-state index in [1.54, 1.807) is 7.11 Å². The Labute approximate surface area is 173 Å². The zero-order valence-electron chi connectivity index (χ0n) is 17.8. The van der Waals surface area contributed by atoms with E-state index in [9.17, 15) is 14.7 Å². The lowest BCUT2D eigenvalue weighted by Crippen LogP contribution is -2.57. The van der Waals surface area contributed by atoms with Crippen LogP contribution in [-0.4, -0.2) is 91.2 Å². The van der Waals surface area contributed by atoms with Gasteiger partial charge in [0, 0.05) is 57.3 Å². The predicted molar refractivity (Wildman–Crippen MR) is 111 cm³/mol. The van der Waals surface area contributed by atoms with Crippen molar-refractivity contribution in [3.05, 3.63) is 29.3 Å². The first kappa shape index (κ1) is 21.6. The van der Waals surface area contributed by atoms with Gasteiger partial charge in [0.2, 0.25) is 0 Å². The van der Waals surface area contributed by atoms with Crippen LogP contribution in [-0.2, 0) is 4.79 Å². The first-order valence-corrected chi connectivity index (χ1v) is 10.5. The van der Waals surface area contributed by atoms with Crippen LogP contribution in [0.4, 0.5) is 0 Å². The van der Waals surface area contributed by atoms with Gasteiger partial charge in [-0.1, -0.05) is 0 Å². The zero-order chi connectivity index (χ0) is 21.0. The molecule has 2 aliphatic rings. The van der Waals surface area contributed by atoms with Crippen LogP contribution in [0, 0.1) is 12.8 Å². The number of carboxylic acids is 1. The first-order chi connectivity index (χ1) is 13.9. The second-order valence-electron chi connectivity index (χ2n) is 8.32. The molecule has 0 radical (unpaired) electrons. The molecule has 3 rings (SSSR count). The summed E-state index contributed by atoms with van der Waals surface area (Å²) in [6.45, 7) is 7.36. The maximum Gasteiger partial charge on any atom is 0.303 e. The van der Waals surface area contributed by atoms with Gasteiger partial charge in [-0.15, -0.1) is 0 Å². The molecule has 7 heteroatoms. The number of likely N-dealkylation sites (tertiary alicyclic amines) is 1. The summed E-state index contributed by atoms with van der Waals surface area (Å²) in [5, 5.41) is 9.20. The third-order valence-corrected chi connectivity index (χ3v) is 6.36. The number of hydrogen-bond donors (Lipinski definition) is 1. The Kier molecular flexibility index (Phi) is 7.14. The molecule has 2 aliphatic heterocycles. The number of amides is 1. The second kappa shape index (κ2) is 9.59. The van der Waals surface area contributed by atoms with Crippen molar-refractivity contribution in [1.29, 1.82) is 0 Å². The topological polar surface area (TPSA) is 73.3 Å². The van der Waals surface area contributed by atoms with Crippen LogP contribution in [0.2, 0.25) is 0 Å². The number of carbonyl (C=O) groups is 2. The van der Waals surface area contributed by atoms with Crippen molar-refractivity contribution in [2.24, 2.45) is 5.92 Å². The number of piperidine rings is 1. The minimum absolute atomic E-state index is 0.0212. The highest BCUT2D eigenvalue weighted by Gasteiger charge is 2.36. The molecule has 2 saturated heterocycles. The number of carbonyl (C=O) groups excluding carboxylic acids is 1. The Morgan fingerprint density at radius 3 is 2.52 bits per heavy atom. The molecule has 1 aromatic carbocycles. The number of aryl methyl sites for hydroxylation is 1. The average Bonchev–Trinajstić information content (AvgIpc) is 2.72. The van der Waals surface area contributed by atoms with E-state index in [1.807, 2.05) is 30.0 Å². The normalized spacial score (nSPS) is 23.8.